The second kappa shape index (κ2) is 6.16. The number of nitrogens with zero attached hydrogens (tertiary/aromatic N) is 2. The molecule has 0 saturated carbocycles. The first-order valence-corrected chi connectivity index (χ1v) is 7.80. The largest absolute Gasteiger partial charge is 0.485 e. The van der Waals surface area contributed by atoms with Gasteiger partial charge in [0.15, 0.2) is 6.61 Å². The van der Waals surface area contributed by atoms with Crippen molar-refractivity contribution in [2.45, 2.75) is 13.5 Å². The highest BCUT2D eigenvalue weighted by Gasteiger charge is 2.12. The summed E-state index contributed by atoms with van der Waals surface area (Å²) in [4.78, 5) is 4.47. The second-order valence-electron chi connectivity index (χ2n) is 5.65. The first-order valence-electron chi connectivity index (χ1n) is 7.80. The van der Waals surface area contributed by atoms with Crippen LogP contribution in [0.3, 0.4) is 0 Å². The van der Waals surface area contributed by atoms with E-state index < -0.39 is 0 Å². The third kappa shape index (κ3) is 2.86. The van der Waals surface area contributed by atoms with Crippen LogP contribution in [0.15, 0.2) is 71.3 Å². The first-order chi connectivity index (χ1) is 11.8. The summed E-state index contributed by atoms with van der Waals surface area (Å²) in [5, 5.41) is 6.26. The molecule has 4 aromatic rings. The Morgan fingerprint density at radius 1 is 0.958 bits per heavy atom. The predicted octanol–water partition coefficient (Wildman–Crippen LogP) is 4.78. The SMILES string of the molecule is Cc1cccc(OCc2noc(-c3cccc4ccccc34)n2)c1. The molecular formula is C20H16N2O2. The van der Waals surface area contributed by atoms with Gasteiger partial charge in [-0.3, -0.25) is 0 Å². The van der Waals surface area contributed by atoms with Crippen molar-refractivity contribution in [3.05, 3.63) is 78.1 Å². The van der Waals surface area contributed by atoms with Gasteiger partial charge in [0.2, 0.25) is 5.82 Å². The van der Waals surface area contributed by atoms with Crippen molar-refractivity contribution in [1.82, 2.24) is 10.1 Å². The fraction of sp³-hybridized carbons (Fsp3) is 0.100. The van der Waals surface area contributed by atoms with Gasteiger partial charge in [0.25, 0.3) is 5.89 Å². The fourth-order valence-electron chi connectivity index (χ4n) is 2.69. The maximum absolute atomic E-state index is 5.72. The van der Waals surface area contributed by atoms with Crippen molar-refractivity contribution < 1.29 is 9.26 Å². The van der Waals surface area contributed by atoms with E-state index in [0.717, 1.165) is 27.6 Å². The molecule has 0 aliphatic heterocycles. The molecule has 118 valence electrons. The molecule has 0 aliphatic carbocycles. The number of fused-ring (bicyclic) bond motifs is 1. The standard InChI is InChI=1S/C20H16N2O2/c1-14-6-4-9-16(12-14)23-13-19-21-20(24-22-19)18-11-5-8-15-7-2-3-10-17(15)18/h2-12H,13H2,1H3. The maximum atomic E-state index is 5.72. The Morgan fingerprint density at radius 2 is 1.79 bits per heavy atom. The highest BCUT2D eigenvalue weighted by molar-refractivity contribution is 5.94. The molecule has 0 N–H and O–H groups in total. The van der Waals surface area contributed by atoms with E-state index in [-0.39, 0.29) is 6.61 Å². The smallest absolute Gasteiger partial charge is 0.258 e. The van der Waals surface area contributed by atoms with Crippen LogP contribution in [0.5, 0.6) is 5.75 Å². The Hall–Kier alpha value is -3.14. The molecule has 0 atom stereocenters. The first kappa shape index (κ1) is 14.5. The van der Waals surface area contributed by atoms with Crippen LogP contribution in [0.25, 0.3) is 22.2 Å². The lowest BCUT2D eigenvalue weighted by molar-refractivity contribution is 0.287. The van der Waals surface area contributed by atoms with Crippen LogP contribution in [0.1, 0.15) is 11.4 Å². The number of aryl methyl sites for hydroxylation is 1. The molecule has 0 spiro atoms. The van der Waals surface area contributed by atoms with E-state index >= 15 is 0 Å². The molecule has 0 saturated heterocycles. The Balaban J connectivity index is 1.58. The molecule has 3 aromatic carbocycles. The van der Waals surface area contributed by atoms with Gasteiger partial charge in [0, 0.05) is 5.56 Å². The Labute approximate surface area is 139 Å². The van der Waals surface area contributed by atoms with Gasteiger partial charge in [-0.05, 0) is 41.5 Å². The van der Waals surface area contributed by atoms with Gasteiger partial charge in [-0.15, -0.1) is 0 Å². The molecule has 4 rings (SSSR count). The van der Waals surface area contributed by atoms with Crippen molar-refractivity contribution in [2.75, 3.05) is 0 Å². The van der Waals surface area contributed by atoms with E-state index in [9.17, 15) is 0 Å². The van der Waals surface area contributed by atoms with E-state index in [4.69, 9.17) is 9.26 Å². The summed E-state index contributed by atoms with van der Waals surface area (Å²) in [6.07, 6.45) is 0. The van der Waals surface area contributed by atoms with Crippen LogP contribution in [-0.2, 0) is 6.61 Å². The molecule has 0 amide bonds. The normalized spacial score (nSPS) is 10.9. The quantitative estimate of drug-likeness (QED) is 0.544. The highest BCUT2D eigenvalue weighted by Crippen LogP contribution is 2.27. The molecule has 0 unspecified atom stereocenters. The lowest BCUT2D eigenvalue weighted by atomic mass is 10.0. The maximum Gasteiger partial charge on any atom is 0.258 e. The molecule has 1 heterocycles. The lowest BCUT2D eigenvalue weighted by Crippen LogP contribution is -1.97. The van der Waals surface area contributed by atoms with Crippen LogP contribution < -0.4 is 4.74 Å². The third-order valence-electron chi connectivity index (χ3n) is 3.85. The van der Waals surface area contributed by atoms with Gasteiger partial charge in [-0.1, -0.05) is 53.7 Å². The Morgan fingerprint density at radius 3 is 2.71 bits per heavy atom. The number of hydrogen-bond acceptors (Lipinski definition) is 4. The van der Waals surface area contributed by atoms with Crippen molar-refractivity contribution in [3.8, 4) is 17.2 Å². The highest BCUT2D eigenvalue weighted by atomic mass is 16.5. The van der Waals surface area contributed by atoms with E-state index in [1.54, 1.807) is 0 Å². The van der Waals surface area contributed by atoms with Crippen LogP contribution in [0, 0.1) is 6.92 Å². The summed E-state index contributed by atoms with van der Waals surface area (Å²) in [7, 11) is 0. The van der Waals surface area contributed by atoms with E-state index in [1.807, 2.05) is 55.5 Å². The van der Waals surface area contributed by atoms with Crippen molar-refractivity contribution in [3.63, 3.8) is 0 Å². The summed E-state index contributed by atoms with van der Waals surface area (Å²) in [6.45, 7) is 2.30. The summed E-state index contributed by atoms with van der Waals surface area (Å²) in [6, 6.07) is 22.1. The molecule has 4 heteroatoms. The van der Waals surface area contributed by atoms with Crippen LogP contribution in [0.2, 0.25) is 0 Å². The number of benzene rings is 3. The van der Waals surface area contributed by atoms with Crippen molar-refractivity contribution >= 4 is 10.8 Å². The van der Waals surface area contributed by atoms with Crippen molar-refractivity contribution in [1.29, 1.82) is 0 Å². The minimum atomic E-state index is 0.276. The zero-order chi connectivity index (χ0) is 16.4. The number of hydrogen-bond donors (Lipinski definition) is 0. The zero-order valence-corrected chi connectivity index (χ0v) is 13.3. The number of aromatic nitrogens is 2. The lowest BCUT2D eigenvalue weighted by Gasteiger charge is -2.03. The zero-order valence-electron chi connectivity index (χ0n) is 13.3. The Kier molecular flexibility index (Phi) is 3.71. The van der Waals surface area contributed by atoms with Crippen LogP contribution >= 0.6 is 0 Å². The molecule has 1 aromatic heterocycles. The van der Waals surface area contributed by atoms with Gasteiger partial charge in [0.05, 0.1) is 0 Å². The van der Waals surface area contributed by atoms with E-state index in [2.05, 4.69) is 28.3 Å². The molecule has 4 nitrogen and oxygen atoms in total. The summed E-state index contributed by atoms with van der Waals surface area (Å²) in [5.74, 6) is 1.83. The van der Waals surface area contributed by atoms with Gasteiger partial charge in [-0.2, -0.15) is 4.98 Å². The van der Waals surface area contributed by atoms with Crippen LogP contribution in [0.4, 0.5) is 0 Å². The van der Waals surface area contributed by atoms with E-state index in [0.29, 0.717) is 11.7 Å². The second-order valence-corrected chi connectivity index (χ2v) is 5.65. The monoisotopic (exact) mass is 316 g/mol. The van der Waals surface area contributed by atoms with Gasteiger partial charge >= 0.3 is 0 Å². The topological polar surface area (TPSA) is 48.2 Å². The minimum Gasteiger partial charge on any atom is -0.485 e. The van der Waals surface area contributed by atoms with E-state index in [1.165, 1.54) is 0 Å². The van der Waals surface area contributed by atoms with Gasteiger partial charge in [0.1, 0.15) is 5.75 Å². The number of rotatable bonds is 4. The average Bonchev–Trinajstić information content (AvgIpc) is 3.08. The van der Waals surface area contributed by atoms with Crippen LogP contribution in [-0.4, -0.2) is 10.1 Å². The molecule has 0 aliphatic rings. The molecule has 24 heavy (non-hydrogen) atoms. The molecular weight excluding hydrogens is 300 g/mol. The summed E-state index contributed by atoms with van der Waals surface area (Å²) < 4.78 is 11.2. The minimum absolute atomic E-state index is 0.276. The van der Waals surface area contributed by atoms with Gasteiger partial charge < -0.3 is 9.26 Å². The number of ether oxygens (including phenoxy) is 1. The molecule has 0 radical (unpaired) electrons. The third-order valence-corrected chi connectivity index (χ3v) is 3.85. The summed E-state index contributed by atoms with van der Waals surface area (Å²) >= 11 is 0. The fourth-order valence-corrected chi connectivity index (χ4v) is 2.69. The Bertz CT molecular complexity index is 986. The van der Waals surface area contributed by atoms with Crippen molar-refractivity contribution in [2.24, 2.45) is 0 Å². The summed E-state index contributed by atoms with van der Waals surface area (Å²) in [5.41, 5.74) is 2.08. The molecule has 0 bridgehead atoms. The average molecular weight is 316 g/mol. The van der Waals surface area contributed by atoms with Gasteiger partial charge in [-0.25, -0.2) is 0 Å². The molecule has 0 fully saturated rings. The predicted molar refractivity (Wildman–Crippen MR) is 92.8 cm³/mol.